The number of methoxy groups -OCH3 is 1. The Bertz CT molecular complexity index is 456. The van der Waals surface area contributed by atoms with Crippen LogP contribution in [0.15, 0.2) is 35.3 Å². The smallest absolute Gasteiger partial charge is 0.316 e. The normalized spacial score (nSPS) is 23.1. The Labute approximate surface area is 113 Å². The maximum Gasteiger partial charge on any atom is 0.316 e. The third-order valence-electron chi connectivity index (χ3n) is 3.32. The molecule has 1 unspecified atom stereocenters. The van der Waals surface area contributed by atoms with Crippen LogP contribution in [0.2, 0.25) is 0 Å². The molecule has 1 aromatic carbocycles. The van der Waals surface area contributed by atoms with Gasteiger partial charge < -0.3 is 9.47 Å². The van der Waals surface area contributed by atoms with Gasteiger partial charge in [0.05, 0.1) is 26.4 Å². The number of nitrogens with zero attached hydrogens (tertiary/aromatic N) is 1. The third-order valence-corrected chi connectivity index (χ3v) is 3.32. The van der Waals surface area contributed by atoms with Gasteiger partial charge in [-0.05, 0) is 12.5 Å². The van der Waals surface area contributed by atoms with Crippen LogP contribution in [0.5, 0.6) is 0 Å². The Balaban J connectivity index is 2.17. The fourth-order valence-corrected chi connectivity index (χ4v) is 2.20. The number of carbonyl (C=O) groups excluding carboxylic acids is 1. The van der Waals surface area contributed by atoms with Crippen LogP contribution >= 0.6 is 0 Å². The molecule has 1 fully saturated rings. The molecule has 0 saturated carbocycles. The van der Waals surface area contributed by atoms with Gasteiger partial charge in [0.2, 0.25) is 0 Å². The zero-order valence-corrected chi connectivity index (χ0v) is 11.3. The summed E-state index contributed by atoms with van der Waals surface area (Å²) >= 11 is 0. The van der Waals surface area contributed by atoms with Crippen LogP contribution < -0.4 is 0 Å². The highest BCUT2D eigenvalue weighted by Crippen LogP contribution is 2.21. The van der Waals surface area contributed by atoms with E-state index in [9.17, 15) is 4.79 Å². The average Bonchev–Trinajstić information content (AvgIpc) is 2.48. The van der Waals surface area contributed by atoms with Crippen molar-refractivity contribution in [3.8, 4) is 0 Å². The first-order valence-electron chi connectivity index (χ1n) is 6.49. The van der Waals surface area contributed by atoms with Gasteiger partial charge in [0.1, 0.15) is 5.92 Å². The summed E-state index contributed by atoms with van der Waals surface area (Å²) in [5, 5.41) is 0. The van der Waals surface area contributed by atoms with E-state index >= 15 is 0 Å². The van der Waals surface area contributed by atoms with E-state index in [0.29, 0.717) is 19.6 Å². The van der Waals surface area contributed by atoms with Crippen molar-refractivity contribution in [1.29, 1.82) is 0 Å². The number of carbonyl (C=O) groups is 1. The molecule has 0 amide bonds. The zero-order chi connectivity index (χ0) is 13.7. The zero-order valence-electron chi connectivity index (χ0n) is 11.3. The molecule has 19 heavy (non-hydrogen) atoms. The number of hydrogen-bond donors (Lipinski definition) is 0. The van der Waals surface area contributed by atoms with Crippen LogP contribution in [-0.2, 0) is 14.3 Å². The number of ether oxygens (including phenoxy) is 2. The van der Waals surface area contributed by atoms with Gasteiger partial charge in [-0.25, -0.2) is 0 Å². The summed E-state index contributed by atoms with van der Waals surface area (Å²) in [6, 6.07) is 10.1. The van der Waals surface area contributed by atoms with Crippen molar-refractivity contribution in [2.24, 2.45) is 10.9 Å². The summed E-state index contributed by atoms with van der Waals surface area (Å²) in [5.74, 6) is -0.622. The van der Waals surface area contributed by atoms with E-state index in [2.05, 4.69) is 0 Å². The molecule has 1 aliphatic heterocycles. The van der Waals surface area contributed by atoms with Gasteiger partial charge in [-0.15, -0.1) is 0 Å². The molecular formula is C15H19NO3. The van der Waals surface area contributed by atoms with Crippen LogP contribution in [0, 0.1) is 5.92 Å². The minimum absolute atomic E-state index is 0.0430. The van der Waals surface area contributed by atoms with Crippen LogP contribution in [0.4, 0.5) is 0 Å². The predicted molar refractivity (Wildman–Crippen MR) is 73.2 cm³/mol. The number of aliphatic imine (C=N–C) groups is 1. The van der Waals surface area contributed by atoms with Crippen LogP contribution in [0.25, 0.3) is 0 Å². The Hall–Kier alpha value is -1.68. The lowest BCUT2D eigenvalue weighted by atomic mass is 9.98. The van der Waals surface area contributed by atoms with E-state index in [1.807, 2.05) is 37.3 Å². The molecule has 1 saturated heterocycles. The van der Waals surface area contributed by atoms with Crippen molar-refractivity contribution in [2.45, 2.75) is 19.4 Å². The molecule has 4 heteroatoms. The van der Waals surface area contributed by atoms with Crippen LogP contribution in [0.1, 0.15) is 24.9 Å². The Morgan fingerprint density at radius 3 is 2.84 bits per heavy atom. The maximum atomic E-state index is 11.7. The first-order valence-corrected chi connectivity index (χ1v) is 6.49. The number of esters is 1. The molecule has 0 spiro atoms. The van der Waals surface area contributed by atoms with Gasteiger partial charge in [-0.2, -0.15) is 0 Å². The summed E-state index contributed by atoms with van der Waals surface area (Å²) in [5.41, 5.74) is 2.03. The molecule has 1 aromatic rings. The molecule has 0 N–H and O–H groups in total. The highest BCUT2D eigenvalue weighted by molar-refractivity contribution is 6.02. The minimum Gasteiger partial charge on any atom is -0.468 e. The lowest BCUT2D eigenvalue weighted by Gasteiger charge is -2.23. The number of hydrogen-bond acceptors (Lipinski definition) is 4. The van der Waals surface area contributed by atoms with E-state index in [-0.39, 0.29) is 17.9 Å². The Morgan fingerprint density at radius 1 is 1.42 bits per heavy atom. The monoisotopic (exact) mass is 261 g/mol. The molecule has 0 bridgehead atoms. The Kier molecular flexibility index (Phi) is 4.68. The lowest BCUT2D eigenvalue weighted by molar-refractivity contribution is -0.145. The van der Waals surface area contributed by atoms with Crippen LogP contribution in [-0.4, -0.2) is 32.0 Å². The Morgan fingerprint density at radius 2 is 2.16 bits per heavy atom. The standard InChI is InChI=1S/C15H19NO3/c1-11(12-6-4-3-5-7-12)16-14-8-9-19-10-13(14)15(17)18-2/h3-7,11,13H,8-10H2,1-2H3/t11-,13?/m1/s1. The second-order valence-corrected chi connectivity index (χ2v) is 4.61. The molecular weight excluding hydrogens is 242 g/mol. The van der Waals surface area contributed by atoms with E-state index in [0.717, 1.165) is 11.3 Å². The second kappa shape index (κ2) is 6.48. The topological polar surface area (TPSA) is 47.9 Å². The quantitative estimate of drug-likeness (QED) is 0.785. The highest BCUT2D eigenvalue weighted by Gasteiger charge is 2.29. The third kappa shape index (κ3) is 3.41. The van der Waals surface area contributed by atoms with Crippen molar-refractivity contribution in [2.75, 3.05) is 20.3 Å². The van der Waals surface area contributed by atoms with Crippen LogP contribution in [0.3, 0.4) is 0 Å². The molecule has 102 valence electrons. The molecule has 0 radical (unpaired) electrons. The SMILES string of the molecule is COC(=O)C1COCCC1=N[C@H](C)c1ccccc1. The summed E-state index contributed by atoms with van der Waals surface area (Å²) in [4.78, 5) is 16.4. The molecule has 1 aliphatic rings. The van der Waals surface area contributed by atoms with Gasteiger partial charge in [-0.1, -0.05) is 30.3 Å². The first kappa shape index (κ1) is 13.7. The second-order valence-electron chi connectivity index (χ2n) is 4.61. The largest absolute Gasteiger partial charge is 0.468 e. The van der Waals surface area contributed by atoms with Crippen molar-refractivity contribution in [1.82, 2.24) is 0 Å². The van der Waals surface area contributed by atoms with E-state index < -0.39 is 0 Å². The summed E-state index contributed by atoms with van der Waals surface area (Å²) in [6.45, 7) is 3.02. The van der Waals surface area contributed by atoms with Gasteiger partial charge in [0, 0.05) is 12.1 Å². The molecule has 2 rings (SSSR count). The minimum atomic E-state index is -0.357. The van der Waals surface area contributed by atoms with Gasteiger partial charge >= 0.3 is 5.97 Å². The number of benzene rings is 1. The van der Waals surface area contributed by atoms with Crippen molar-refractivity contribution in [3.63, 3.8) is 0 Å². The summed E-state index contributed by atoms with van der Waals surface area (Å²) in [7, 11) is 1.40. The lowest BCUT2D eigenvalue weighted by Crippen LogP contribution is -2.35. The fourth-order valence-electron chi connectivity index (χ4n) is 2.20. The molecule has 1 heterocycles. The van der Waals surface area contributed by atoms with Gasteiger partial charge in [0.15, 0.2) is 0 Å². The summed E-state index contributed by atoms with van der Waals surface area (Å²) < 4.78 is 10.1. The average molecular weight is 261 g/mol. The molecule has 0 aliphatic carbocycles. The van der Waals surface area contributed by atoms with E-state index in [1.165, 1.54) is 7.11 Å². The fraction of sp³-hybridized carbons (Fsp3) is 0.467. The molecule has 0 aromatic heterocycles. The van der Waals surface area contributed by atoms with E-state index in [1.54, 1.807) is 0 Å². The highest BCUT2D eigenvalue weighted by atomic mass is 16.5. The van der Waals surface area contributed by atoms with E-state index in [4.69, 9.17) is 14.5 Å². The number of rotatable bonds is 3. The molecule has 4 nitrogen and oxygen atoms in total. The van der Waals surface area contributed by atoms with Gasteiger partial charge in [0.25, 0.3) is 0 Å². The predicted octanol–water partition coefficient (Wildman–Crippen LogP) is 2.40. The summed E-state index contributed by atoms with van der Waals surface area (Å²) in [6.07, 6.45) is 0.691. The van der Waals surface area contributed by atoms with Crippen molar-refractivity contribution in [3.05, 3.63) is 35.9 Å². The first-order chi connectivity index (χ1) is 9.22. The van der Waals surface area contributed by atoms with Crippen molar-refractivity contribution >= 4 is 11.7 Å². The van der Waals surface area contributed by atoms with Crippen molar-refractivity contribution < 1.29 is 14.3 Å². The maximum absolute atomic E-state index is 11.7. The van der Waals surface area contributed by atoms with Gasteiger partial charge in [-0.3, -0.25) is 9.79 Å². The molecule has 2 atom stereocenters.